The van der Waals surface area contributed by atoms with Crippen LogP contribution in [0.2, 0.25) is 0 Å². The Bertz CT molecular complexity index is 1020. The SMILES string of the molecule is Cn1cnc(COc2cc(NC(=O)OC3CCC(F)(F)CC3)nc(S(C)(=O)=O)n2)n1. The van der Waals surface area contributed by atoms with E-state index in [1.54, 1.807) is 7.05 Å². The van der Waals surface area contributed by atoms with Gasteiger partial charge in [0.1, 0.15) is 18.2 Å². The summed E-state index contributed by atoms with van der Waals surface area (Å²) >= 11 is 0. The number of nitrogens with zero attached hydrogens (tertiary/aromatic N) is 5. The second-order valence-electron chi connectivity index (χ2n) is 6.85. The molecule has 0 aliphatic heterocycles. The van der Waals surface area contributed by atoms with Gasteiger partial charge in [0.2, 0.25) is 21.6 Å². The first-order chi connectivity index (χ1) is 14.0. The molecule has 1 aliphatic carbocycles. The largest absolute Gasteiger partial charge is 0.469 e. The Balaban J connectivity index is 1.69. The Kier molecular flexibility index (Phi) is 6.14. The fraction of sp³-hybridized carbons (Fsp3) is 0.562. The van der Waals surface area contributed by atoms with Gasteiger partial charge in [-0.25, -0.2) is 32.0 Å². The third kappa shape index (κ3) is 6.05. The summed E-state index contributed by atoms with van der Waals surface area (Å²) in [5.41, 5.74) is 0. The van der Waals surface area contributed by atoms with Crippen molar-refractivity contribution in [2.24, 2.45) is 7.05 Å². The second-order valence-corrected chi connectivity index (χ2v) is 8.76. The van der Waals surface area contributed by atoms with Gasteiger partial charge in [0.05, 0.1) is 0 Å². The Morgan fingerprint density at radius 1 is 1.33 bits per heavy atom. The molecule has 2 aromatic rings. The van der Waals surface area contributed by atoms with E-state index in [-0.39, 0.29) is 44.0 Å². The van der Waals surface area contributed by atoms with Crippen LogP contribution in [0.1, 0.15) is 31.5 Å². The van der Waals surface area contributed by atoms with E-state index in [0.29, 0.717) is 5.82 Å². The highest BCUT2D eigenvalue weighted by Gasteiger charge is 2.36. The molecule has 164 valence electrons. The Labute approximate surface area is 170 Å². The normalized spacial score (nSPS) is 16.8. The standard InChI is InChI=1S/C16H20F2N6O5S/c1-24-9-19-12(23-24)8-28-13-7-11(20-14(22-13)30(2,26)27)21-15(25)29-10-3-5-16(17,18)6-4-10/h7,9-10H,3-6,8H2,1-2H3,(H,20,21,22,25). The second kappa shape index (κ2) is 8.45. The third-order valence-corrected chi connectivity index (χ3v) is 5.02. The molecule has 14 heteroatoms. The van der Waals surface area contributed by atoms with Crippen LogP contribution >= 0.6 is 0 Å². The van der Waals surface area contributed by atoms with E-state index in [9.17, 15) is 22.0 Å². The summed E-state index contributed by atoms with van der Waals surface area (Å²) < 4.78 is 62.1. The van der Waals surface area contributed by atoms with Gasteiger partial charge in [-0.2, -0.15) is 10.1 Å². The van der Waals surface area contributed by atoms with Gasteiger partial charge in [-0.3, -0.25) is 10.00 Å². The Morgan fingerprint density at radius 3 is 2.63 bits per heavy atom. The van der Waals surface area contributed by atoms with E-state index in [1.165, 1.54) is 17.1 Å². The lowest BCUT2D eigenvalue weighted by atomic mass is 9.94. The summed E-state index contributed by atoms with van der Waals surface area (Å²) in [4.78, 5) is 23.7. The van der Waals surface area contributed by atoms with Crippen LogP contribution < -0.4 is 10.1 Å². The highest BCUT2D eigenvalue weighted by molar-refractivity contribution is 7.90. The predicted octanol–water partition coefficient (Wildman–Crippen LogP) is 1.71. The fourth-order valence-corrected chi connectivity index (χ4v) is 3.23. The van der Waals surface area contributed by atoms with Crippen molar-refractivity contribution in [3.05, 3.63) is 18.2 Å². The van der Waals surface area contributed by atoms with Crippen LogP contribution in [-0.2, 0) is 28.2 Å². The minimum atomic E-state index is -3.82. The zero-order valence-electron chi connectivity index (χ0n) is 16.2. The third-order valence-electron chi connectivity index (χ3n) is 4.18. The molecule has 1 saturated carbocycles. The number of nitrogens with one attached hydrogen (secondary N) is 1. The van der Waals surface area contributed by atoms with Gasteiger partial charge in [0.15, 0.2) is 12.4 Å². The molecule has 3 rings (SSSR count). The molecule has 0 aromatic carbocycles. The van der Waals surface area contributed by atoms with Crippen molar-refractivity contribution in [1.82, 2.24) is 24.7 Å². The Morgan fingerprint density at radius 2 is 2.03 bits per heavy atom. The van der Waals surface area contributed by atoms with Gasteiger partial charge in [-0.15, -0.1) is 0 Å². The number of amides is 1. The van der Waals surface area contributed by atoms with Crippen LogP contribution in [0.3, 0.4) is 0 Å². The number of aromatic nitrogens is 5. The number of hydrogen-bond acceptors (Lipinski definition) is 9. The van der Waals surface area contributed by atoms with Crippen molar-refractivity contribution in [2.75, 3.05) is 11.6 Å². The maximum atomic E-state index is 13.2. The van der Waals surface area contributed by atoms with Crippen LogP contribution in [0, 0.1) is 0 Å². The molecule has 0 spiro atoms. The molecule has 1 amide bonds. The molecular weight excluding hydrogens is 426 g/mol. The lowest BCUT2D eigenvalue weighted by molar-refractivity contribution is -0.0642. The van der Waals surface area contributed by atoms with Crippen LogP contribution in [0.5, 0.6) is 5.88 Å². The monoisotopic (exact) mass is 446 g/mol. The number of hydrogen-bond donors (Lipinski definition) is 1. The number of aryl methyl sites for hydroxylation is 1. The first kappa shape index (κ1) is 21.8. The molecule has 0 radical (unpaired) electrons. The highest BCUT2D eigenvalue weighted by Crippen LogP contribution is 2.34. The van der Waals surface area contributed by atoms with Gasteiger partial charge in [0, 0.05) is 32.2 Å². The summed E-state index contributed by atoms with van der Waals surface area (Å²) in [6.07, 6.45) is 0.0926. The first-order valence-electron chi connectivity index (χ1n) is 8.92. The van der Waals surface area contributed by atoms with Crippen LogP contribution in [0.15, 0.2) is 17.6 Å². The van der Waals surface area contributed by atoms with Crippen LogP contribution in [0.25, 0.3) is 0 Å². The number of halogens is 2. The average Bonchev–Trinajstić information content (AvgIpc) is 3.06. The van der Waals surface area contributed by atoms with Gasteiger partial charge in [-0.05, 0) is 12.8 Å². The number of carbonyl (C=O) groups is 1. The van der Waals surface area contributed by atoms with E-state index in [1.807, 2.05) is 0 Å². The quantitative estimate of drug-likeness (QED) is 0.657. The minimum Gasteiger partial charge on any atom is -0.469 e. The molecular formula is C16H20F2N6O5S. The van der Waals surface area contributed by atoms with Crippen molar-refractivity contribution < 1.29 is 31.5 Å². The number of sulfone groups is 1. The number of rotatable bonds is 6. The summed E-state index contributed by atoms with van der Waals surface area (Å²) in [5.74, 6) is -2.73. The molecule has 0 bridgehead atoms. The van der Waals surface area contributed by atoms with Gasteiger partial charge in [0.25, 0.3) is 5.16 Å². The van der Waals surface area contributed by atoms with E-state index < -0.39 is 33.1 Å². The molecule has 0 saturated heterocycles. The van der Waals surface area contributed by atoms with Crippen LogP contribution in [0.4, 0.5) is 19.4 Å². The van der Waals surface area contributed by atoms with Gasteiger partial charge >= 0.3 is 6.09 Å². The van der Waals surface area contributed by atoms with Crippen molar-refractivity contribution in [1.29, 1.82) is 0 Å². The average molecular weight is 446 g/mol. The van der Waals surface area contributed by atoms with Gasteiger partial charge in [-0.1, -0.05) is 0 Å². The predicted molar refractivity (Wildman–Crippen MR) is 97.8 cm³/mol. The maximum Gasteiger partial charge on any atom is 0.413 e. The Hall–Kier alpha value is -2.90. The van der Waals surface area contributed by atoms with Crippen molar-refractivity contribution >= 4 is 21.7 Å². The summed E-state index contributed by atoms with van der Waals surface area (Å²) in [5, 5.41) is 5.74. The number of anilines is 1. The molecule has 1 N–H and O–H groups in total. The van der Waals surface area contributed by atoms with E-state index in [4.69, 9.17) is 9.47 Å². The highest BCUT2D eigenvalue weighted by atomic mass is 32.2. The van der Waals surface area contributed by atoms with E-state index in [0.717, 1.165) is 6.26 Å². The van der Waals surface area contributed by atoms with Crippen molar-refractivity contribution in [3.8, 4) is 5.88 Å². The molecule has 1 fully saturated rings. The molecule has 2 aromatic heterocycles. The van der Waals surface area contributed by atoms with Crippen molar-refractivity contribution in [3.63, 3.8) is 0 Å². The van der Waals surface area contributed by atoms with Crippen LogP contribution in [-0.4, -0.2) is 57.5 Å². The molecule has 0 unspecified atom stereocenters. The zero-order valence-corrected chi connectivity index (χ0v) is 17.0. The van der Waals surface area contributed by atoms with E-state index in [2.05, 4.69) is 25.4 Å². The first-order valence-corrected chi connectivity index (χ1v) is 10.8. The molecule has 11 nitrogen and oxygen atoms in total. The van der Waals surface area contributed by atoms with Crippen molar-refractivity contribution in [2.45, 2.75) is 49.5 Å². The summed E-state index contributed by atoms with van der Waals surface area (Å²) in [6, 6.07) is 1.20. The summed E-state index contributed by atoms with van der Waals surface area (Å²) in [7, 11) is -2.14. The smallest absolute Gasteiger partial charge is 0.413 e. The van der Waals surface area contributed by atoms with E-state index >= 15 is 0 Å². The molecule has 30 heavy (non-hydrogen) atoms. The number of ether oxygens (including phenoxy) is 2. The molecule has 1 aliphatic rings. The topological polar surface area (TPSA) is 138 Å². The number of alkyl halides is 2. The fourth-order valence-electron chi connectivity index (χ4n) is 2.71. The summed E-state index contributed by atoms with van der Waals surface area (Å²) in [6.45, 7) is -0.0960. The van der Waals surface area contributed by atoms with Gasteiger partial charge < -0.3 is 9.47 Å². The molecule has 2 heterocycles. The minimum absolute atomic E-state index is 0.0320. The molecule has 0 atom stereocenters. The number of carbonyl (C=O) groups excluding carboxylic acids is 1. The maximum absolute atomic E-state index is 13.2. The lowest BCUT2D eigenvalue weighted by Crippen LogP contribution is -2.32. The lowest BCUT2D eigenvalue weighted by Gasteiger charge is -2.27. The zero-order chi connectivity index (χ0) is 21.9.